The van der Waals surface area contributed by atoms with Crippen molar-refractivity contribution >= 4 is 27.5 Å². The molecule has 0 aliphatic rings. The molecule has 1 N–H and O–H groups in total. The van der Waals surface area contributed by atoms with E-state index in [2.05, 4.69) is 10.3 Å². The fourth-order valence-electron chi connectivity index (χ4n) is 2.70. The van der Waals surface area contributed by atoms with Gasteiger partial charge in [0.1, 0.15) is 11.6 Å². The zero-order valence-corrected chi connectivity index (χ0v) is 16.8. The monoisotopic (exact) mass is 402 g/mol. The number of fused-ring (bicyclic) bond motifs is 1. The lowest BCUT2D eigenvalue weighted by Crippen LogP contribution is -2.27. The molecule has 0 unspecified atom stereocenters. The highest BCUT2D eigenvalue weighted by molar-refractivity contribution is 7.18. The summed E-state index contributed by atoms with van der Waals surface area (Å²) in [6.07, 6.45) is 0. The van der Waals surface area contributed by atoms with E-state index in [0.29, 0.717) is 30.4 Å². The lowest BCUT2D eigenvalue weighted by molar-refractivity contribution is -0.126. The number of thiazole rings is 1. The van der Waals surface area contributed by atoms with E-state index in [1.54, 1.807) is 44.8 Å². The molecule has 1 amide bonds. The minimum Gasteiger partial charge on any atom is -0.493 e. The number of nitrogens with zero attached hydrogens (tertiary/aromatic N) is 1. The van der Waals surface area contributed by atoms with Crippen LogP contribution < -0.4 is 19.5 Å². The van der Waals surface area contributed by atoms with Crippen LogP contribution in [0.15, 0.2) is 36.4 Å². The Kier molecular flexibility index (Phi) is 6.67. The smallest absolute Gasteiger partial charge is 0.246 e. The lowest BCUT2D eigenvalue weighted by atomic mass is 10.1. The number of methoxy groups -OCH3 is 3. The van der Waals surface area contributed by atoms with Gasteiger partial charge in [-0.2, -0.15) is 0 Å². The largest absolute Gasteiger partial charge is 0.493 e. The molecule has 0 aliphatic heterocycles. The summed E-state index contributed by atoms with van der Waals surface area (Å²) in [5.74, 6) is 1.38. The predicted molar refractivity (Wildman–Crippen MR) is 107 cm³/mol. The lowest BCUT2D eigenvalue weighted by Gasteiger charge is -2.14. The van der Waals surface area contributed by atoms with Crippen molar-refractivity contribution in [3.05, 3.63) is 47.0 Å². The van der Waals surface area contributed by atoms with Crippen molar-refractivity contribution in [2.24, 2.45) is 0 Å². The van der Waals surface area contributed by atoms with Gasteiger partial charge in [-0.15, -0.1) is 11.3 Å². The summed E-state index contributed by atoms with van der Waals surface area (Å²) in [5, 5.41) is 3.66. The number of amides is 1. The number of nitrogens with one attached hydrogen (secondary N) is 1. The number of hydrogen-bond acceptors (Lipinski definition) is 7. The van der Waals surface area contributed by atoms with Crippen LogP contribution in [0.1, 0.15) is 10.6 Å². The minimum atomic E-state index is -0.213. The highest BCUT2D eigenvalue weighted by Crippen LogP contribution is 2.38. The Hall–Kier alpha value is -2.84. The summed E-state index contributed by atoms with van der Waals surface area (Å²) in [4.78, 5) is 16.6. The summed E-state index contributed by atoms with van der Waals surface area (Å²) in [7, 11) is 4.65. The van der Waals surface area contributed by atoms with Crippen LogP contribution in [-0.2, 0) is 22.7 Å². The average molecular weight is 402 g/mol. The van der Waals surface area contributed by atoms with Crippen molar-refractivity contribution < 1.29 is 23.7 Å². The Morgan fingerprint density at radius 3 is 2.43 bits per heavy atom. The first-order chi connectivity index (χ1) is 13.6. The zero-order valence-electron chi connectivity index (χ0n) is 16.0. The minimum absolute atomic E-state index is 0.0413. The maximum atomic E-state index is 12.1. The molecule has 1 heterocycles. The molecule has 0 saturated heterocycles. The van der Waals surface area contributed by atoms with Gasteiger partial charge in [-0.05, 0) is 29.8 Å². The Morgan fingerprint density at radius 2 is 1.79 bits per heavy atom. The first kappa shape index (κ1) is 19.9. The van der Waals surface area contributed by atoms with Crippen LogP contribution in [0.5, 0.6) is 17.2 Å². The van der Waals surface area contributed by atoms with E-state index in [4.69, 9.17) is 18.9 Å². The van der Waals surface area contributed by atoms with Gasteiger partial charge in [-0.3, -0.25) is 4.79 Å². The number of ether oxygens (including phenoxy) is 4. The van der Waals surface area contributed by atoms with Gasteiger partial charge in [0.25, 0.3) is 0 Å². The van der Waals surface area contributed by atoms with Crippen LogP contribution >= 0.6 is 11.3 Å². The molecule has 0 fully saturated rings. The van der Waals surface area contributed by atoms with Crippen LogP contribution in [0, 0.1) is 0 Å². The second kappa shape index (κ2) is 9.38. The van der Waals surface area contributed by atoms with E-state index >= 15 is 0 Å². The summed E-state index contributed by atoms with van der Waals surface area (Å²) >= 11 is 1.56. The van der Waals surface area contributed by atoms with Crippen molar-refractivity contribution in [3.63, 3.8) is 0 Å². The molecule has 0 aliphatic carbocycles. The molecular formula is C20H22N2O5S. The number of carbonyl (C=O) groups excluding carboxylic acids is 1. The van der Waals surface area contributed by atoms with Crippen LogP contribution in [0.4, 0.5) is 0 Å². The van der Waals surface area contributed by atoms with Crippen LogP contribution in [0.3, 0.4) is 0 Å². The van der Waals surface area contributed by atoms with Crippen LogP contribution in [0.2, 0.25) is 0 Å². The SMILES string of the molecule is COc1cc(CNC(=O)COCc2nc3ccccc3s2)cc(OC)c1OC. The van der Waals surface area contributed by atoms with Crippen LogP contribution in [0.25, 0.3) is 10.2 Å². The second-order valence-electron chi connectivity index (χ2n) is 5.88. The first-order valence-corrected chi connectivity index (χ1v) is 9.44. The van der Waals surface area contributed by atoms with Crippen molar-refractivity contribution in [2.75, 3.05) is 27.9 Å². The third kappa shape index (κ3) is 4.71. The zero-order chi connectivity index (χ0) is 19.9. The Balaban J connectivity index is 1.51. The summed E-state index contributed by atoms with van der Waals surface area (Å²) in [6, 6.07) is 11.5. The van der Waals surface area contributed by atoms with Gasteiger partial charge in [-0.1, -0.05) is 12.1 Å². The fraction of sp³-hybridized carbons (Fsp3) is 0.300. The summed E-state index contributed by atoms with van der Waals surface area (Å²) < 4.78 is 22.5. The normalized spacial score (nSPS) is 10.7. The van der Waals surface area contributed by atoms with E-state index < -0.39 is 0 Å². The van der Waals surface area contributed by atoms with Gasteiger partial charge in [0.15, 0.2) is 11.5 Å². The molecule has 7 nitrogen and oxygen atoms in total. The van der Waals surface area contributed by atoms with Crippen molar-refractivity contribution in [3.8, 4) is 17.2 Å². The Labute approximate surface area is 167 Å². The molecule has 28 heavy (non-hydrogen) atoms. The van der Waals surface area contributed by atoms with Gasteiger partial charge in [0.05, 0.1) is 38.2 Å². The number of aromatic nitrogens is 1. The molecule has 0 radical (unpaired) electrons. The Bertz CT molecular complexity index is 899. The first-order valence-electron chi connectivity index (χ1n) is 8.62. The molecule has 3 aromatic rings. The van der Waals surface area contributed by atoms with Gasteiger partial charge in [0, 0.05) is 6.54 Å². The maximum absolute atomic E-state index is 12.1. The quantitative estimate of drug-likeness (QED) is 0.592. The molecule has 148 valence electrons. The van der Waals surface area contributed by atoms with E-state index in [0.717, 1.165) is 20.8 Å². The molecule has 3 rings (SSSR count). The van der Waals surface area contributed by atoms with Gasteiger partial charge >= 0.3 is 0 Å². The molecule has 0 saturated carbocycles. The number of hydrogen-bond donors (Lipinski definition) is 1. The van der Waals surface area contributed by atoms with Crippen molar-refractivity contribution in [1.29, 1.82) is 0 Å². The van der Waals surface area contributed by atoms with E-state index in [1.165, 1.54) is 0 Å². The third-order valence-electron chi connectivity index (χ3n) is 4.01. The topological polar surface area (TPSA) is 78.9 Å². The van der Waals surface area contributed by atoms with E-state index in [9.17, 15) is 4.79 Å². The second-order valence-corrected chi connectivity index (χ2v) is 6.99. The average Bonchev–Trinajstić information content (AvgIpc) is 3.14. The molecule has 0 spiro atoms. The van der Waals surface area contributed by atoms with E-state index in [-0.39, 0.29) is 12.5 Å². The van der Waals surface area contributed by atoms with E-state index in [1.807, 2.05) is 24.3 Å². The standard InChI is InChI=1S/C20H22N2O5S/c1-24-15-8-13(9-16(25-2)20(15)26-3)10-21-18(23)11-27-12-19-22-14-6-4-5-7-17(14)28-19/h4-9H,10-12H2,1-3H3,(H,21,23). The number of benzene rings is 2. The molecule has 2 aromatic carbocycles. The number of para-hydroxylation sites is 1. The highest BCUT2D eigenvalue weighted by Gasteiger charge is 2.13. The summed E-state index contributed by atoms with van der Waals surface area (Å²) in [6.45, 7) is 0.581. The Morgan fingerprint density at radius 1 is 1.07 bits per heavy atom. The molecule has 0 atom stereocenters. The third-order valence-corrected chi connectivity index (χ3v) is 5.02. The molecule has 1 aromatic heterocycles. The van der Waals surface area contributed by atoms with Crippen molar-refractivity contribution in [1.82, 2.24) is 10.3 Å². The summed E-state index contributed by atoms with van der Waals surface area (Å²) in [5.41, 5.74) is 1.77. The fourth-order valence-corrected chi connectivity index (χ4v) is 3.61. The number of rotatable bonds is 9. The van der Waals surface area contributed by atoms with Gasteiger partial charge in [-0.25, -0.2) is 4.98 Å². The molecule has 0 bridgehead atoms. The van der Waals surface area contributed by atoms with Gasteiger partial charge < -0.3 is 24.3 Å². The maximum Gasteiger partial charge on any atom is 0.246 e. The predicted octanol–water partition coefficient (Wildman–Crippen LogP) is 3.16. The molecular weight excluding hydrogens is 380 g/mol. The highest BCUT2D eigenvalue weighted by atomic mass is 32.1. The van der Waals surface area contributed by atoms with Crippen LogP contribution in [-0.4, -0.2) is 38.8 Å². The van der Waals surface area contributed by atoms with Crippen molar-refractivity contribution in [2.45, 2.75) is 13.2 Å². The molecule has 8 heteroatoms. The number of carbonyl (C=O) groups is 1. The van der Waals surface area contributed by atoms with Gasteiger partial charge in [0.2, 0.25) is 11.7 Å².